The first-order valence-electron chi connectivity index (χ1n) is 3.02. The molecule has 2 nitrogen and oxygen atoms in total. The fourth-order valence-corrected chi connectivity index (χ4v) is 1.28. The predicted molar refractivity (Wildman–Crippen MR) is 37.4 cm³/mol. The molecule has 1 aromatic heterocycles. The van der Waals surface area contributed by atoms with E-state index in [0.717, 1.165) is 0 Å². The van der Waals surface area contributed by atoms with E-state index in [0.29, 0.717) is 5.92 Å². The molecule has 1 heterocycles. The van der Waals surface area contributed by atoms with Crippen molar-refractivity contribution in [2.75, 3.05) is 0 Å². The Morgan fingerprint density at radius 1 is 1.67 bits per heavy atom. The molecular weight excluding hydrogens is 132 g/mol. The molecule has 0 bridgehead atoms. The molecule has 0 unspecified atom stereocenters. The molecule has 0 aromatic carbocycles. The highest BCUT2D eigenvalue weighted by molar-refractivity contribution is 7.05. The lowest BCUT2D eigenvalue weighted by atomic mass is 10.2. The first-order valence-corrected chi connectivity index (χ1v) is 3.80. The van der Waals surface area contributed by atoms with Gasteiger partial charge in [-0.25, -0.2) is 0 Å². The zero-order chi connectivity index (χ0) is 6.85. The average molecular weight is 143 g/mol. The van der Waals surface area contributed by atoms with Gasteiger partial charge in [-0.15, -0.1) is 0 Å². The van der Waals surface area contributed by atoms with Gasteiger partial charge in [0.05, 0.1) is 9.37 Å². The second-order valence-corrected chi connectivity index (χ2v) is 3.25. The van der Waals surface area contributed by atoms with Gasteiger partial charge in [-0.05, 0) is 5.92 Å². The van der Waals surface area contributed by atoms with Gasteiger partial charge in [0.25, 0.3) is 0 Å². The topological polar surface area (TPSA) is 16.8 Å². The third-order valence-corrected chi connectivity index (χ3v) is 2.28. The van der Waals surface area contributed by atoms with Crippen LogP contribution in [-0.2, 0) is 7.05 Å². The van der Waals surface area contributed by atoms with E-state index in [1.165, 1.54) is 4.88 Å². The summed E-state index contributed by atoms with van der Waals surface area (Å²) in [6.07, 6.45) is 2.06. The van der Waals surface area contributed by atoms with Gasteiger partial charge in [-0.3, -0.25) is 0 Å². The first kappa shape index (κ1) is 6.68. The van der Waals surface area contributed by atoms with Crippen LogP contribution in [0.15, 0.2) is 6.20 Å². The Labute approximate surface area is 59.3 Å². The second kappa shape index (κ2) is 2.43. The zero-order valence-corrected chi connectivity index (χ0v) is 6.77. The van der Waals surface area contributed by atoms with Crippen molar-refractivity contribution in [2.24, 2.45) is 7.05 Å². The third kappa shape index (κ3) is 1.48. The van der Waals surface area contributed by atoms with Gasteiger partial charge >= 0.3 is 0 Å². The highest BCUT2D eigenvalue weighted by atomic mass is 32.1. The summed E-state index contributed by atoms with van der Waals surface area (Å²) in [6, 6.07) is 0. The Morgan fingerprint density at radius 2 is 2.33 bits per heavy atom. The zero-order valence-electron chi connectivity index (χ0n) is 5.96. The Kier molecular flexibility index (Phi) is 1.81. The van der Waals surface area contributed by atoms with Crippen LogP contribution < -0.4 is 4.68 Å². The summed E-state index contributed by atoms with van der Waals surface area (Å²) >= 11 is 1.57. The molecule has 0 amide bonds. The number of hydrogen-bond acceptors (Lipinski definition) is 2. The molecule has 0 radical (unpaired) electrons. The lowest BCUT2D eigenvalue weighted by Gasteiger charge is -1.90. The maximum absolute atomic E-state index is 4.10. The van der Waals surface area contributed by atoms with E-state index in [4.69, 9.17) is 0 Å². The van der Waals surface area contributed by atoms with Crippen molar-refractivity contribution in [3.63, 3.8) is 0 Å². The molecule has 3 heteroatoms. The van der Waals surface area contributed by atoms with Crippen molar-refractivity contribution in [3.05, 3.63) is 11.1 Å². The van der Waals surface area contributed by atoms with E-state index in [-0.39, 0.29) is 0 Å². The highest BCUT2D eigenvalue weighted by Crippen LogP contribution is 2.14. The van der Waals surface area contributed by atoms with Crippen molar-refractivity contribution in [1.29, 1.82) is 0 Å². The second-order valence-electron chi connectivity index (χ2n) is 2.43. The molecule has 9 heavy (non-hydrogen) atoms. The molecule has 0 aliphatic heterocycles. The third-order valence-electron chi connectivity index (χ3n) is 1.16. The van der Waals surface area contributed by atoms with Gasteiger partial charge in [0.2, 0.25) is 6.20 Å². The summed E-state index contributed by atoms with van der Waals surface area (Å²) in [5.74, 6) is 0.615. The Bertz CT molecular complexity index is 193. The van der Waals surface area contributed by atoms with Crippen LogP contribution in [0.5, 0.6) is 0 Å². The fourth-order valence-electron chi connectivity index (χ4n) is 0.597. The SMILES string of the molecule is CC(C)c1c[n+](C)ns1. The van der Waals surface area contributed by atoms with Crippen LogP contribution in [0.3, 0.4) is 0 Å². The van der Waals surface area contributed by atoms with Crippen LogP contribution in [0, 0.1) is 0 Å². The monoisotopic (exact) mass is 143 g/mol. The molecule has 50 valence electrons. The first-order chi connectivity index (χ1) is 4.20. The fraction of sp³-hybridized carbons (Fsp3) is 0.667. The quantitative estimate of drug-likeness (QED) is 0.538. The Balaban J connectivity index is 2.85. The van der Waals surface area contributed by atoms with Gasteiger partial charge in [0.1, 0.15) is 0 Å². The van der Waals surface area contributed by atoms with Gasteiger partial charge in [-0.1, -0.05) is 18.5 Å². The maximum atomic E-state index is 4.10. The number of rotatable bonds is 1. The van der Waals surface area contributed by atoms with E-state index in [9.17, 15) is 0 Å². The molecule has 0 saturated carbocycles. The van der Waals surface area contributed by atoms with Crippen LogP contribution in [0.2, 0.25) is 0 Å². The number of aryl methyl sites for hydroxylation is 1. The van der Waals surface area contributed by atoms with E-state index in [1.807, 2.05) is 11.7 Å². The Hall–Kier alpha value is -0.440. The van der Waals surface area contributed by atoms with Crippen LogP contribution >= 0.6 is 11.5 Å². The van der Waals surface area contributed by atoms with Crippen LogP contribution in [-0.4, -0.2) is 4.49 Å². The minimum absolute atomic E-state index is 0.615. The van der Waals surface area contributed by atoms with Crippen LogP contribution in [0.1, 0.15) is 24.6 Å². The Morgan fingerprint density at radius 3 is 2.56 bits per heavy atom. The van der Waals surface area contributed by atoms with Crippen molar-refractivity contribution < 1.29 is 4.68 Å². The van der Waals surface area contributed by atoms with Crippen LogP contribution in [0.25, 0.3) is 0 Å². The summed E-state index contributed by atoms with van der Waals surface area (Å²) in [6.45, 7) is 4.35. The summed E-state index contributed by atoms with van der Waals surface area (Å²) in [5, 5.41) is 0. The largest absolute Gasteiger partial charge is 0.212 e. The standard InChI is InChI=1S/C6H11N2S/c1-5(2)6-4-8(3)7-9-6/h4-5H,1-3H3/q+1. The van der Waals surface area contributed by atoms with E-state index in [2.05, 4.69) is 24.5 Å². The lowest BCUT2D eigenvalue weighted by molar-refractivity contribution is -0.723. The molecule has 0 aliphatic carbocycles. The van der Waals surface area contributed by atoms with Crippen molar-refractivity contribution in [2.45, 2.75) is 19.8 Å². The van der Waals surface area contributed by atoms with Crippen LogP contribution in [0.4, 0.5) is 0 Å². The molecule has 1 rings (SSSR count). The van der Waals surface area contributed by atoms with E-state index in [1.54, 1.807) is 11.5 Å². The van der Waals surface area contributed by atoms with E-state index < -0.39 is 0 Å². The number of hydrogen-bond donors (Lipinski definition) is 0. The molecule has 0 spiro atoms. The summed E-state index contributed by atoms with van der Waals surface area (Å²) in [5.41, 5.74) is 0. The molecular formula is C6H11N2S+. The average Bonchev–Trinajstić information content (AvgIpc) is 2.14. The minimum Gasteiger partial charge on any atom is -0.0816 e. The minimum atomic E-state index is 0.615. The normalized spacial score (nSPS) is 10.7. The smallest absolute Gasteiger partial charge is 0.0816 e. The lowest BCUT2D eigenvalue weighted by Crippen LogP contribution is -2.27. The van der Waals surface area contributed by atoms with E-state index >= 15 is 0 Å². The summed E-state index contributed by atoms with van der Waals surface area (Å²) in [7, 11) is 1.95. The molecule has 0 fully saturated rings. The van der Waals surface area contributed by atoms with Gasteiger partial charge < -0.3 is 0 Å². The summed E-state index contributed by atoms with van der Waals surface area (Å²) in [4.78, 5) is 1.34. The number of aromatic nitrogens is 2. The van der Waals surface area contributed by atoms with Gasteiger partial charge in [-0.2, -0.15) is 0 Å². The highest BCUT2D eigenvalue weighted by Gasteiger charge is 2.07. The van der Waals surface area contributed by atoms with Crippen molar-refractivity contribution >= 4 is 11.5 Å². The van der Waals surface area contributed by atoms with Crippen molar-refractivity contribution in [1.82, 2.24) is 4.49 Å². The molecule has 0 N–H and O–H groups in total. The summed E-state index contributed by atoms with van der Waals surface area (Å²) < 4.78 is 5.94. The number of nitrogens with zero attached hydrogens (tertiary/aromatic N) is 2. The molecule has 0 aliphatic rings. The predicted octanol–water partition coefficient (Wildman–Crippen LogP) is 1.09. The molecule has 0 atom stereocenters. The molecule has 0 saturated heterocycles. The van der Waals surface area contributed by atoms with Crippen molar-refractivity contribution in [3.8, 4) is 0 Å². The van der Waals surface area contributed by atoms with Gasteiger partial charge in [0.15, 0.2) is 7.05 Å². The van der Waals surface area contributed by atoms with Gasteiger partial charge in [0, 0.05) is 11.5 Å². The maximum Gasteiger partial charge on any atom is 0.212 e. The molecule has 1 aromatic rings.